The Labute approximate surface area is 145 Å². The molecule has 132 valence electrons. The second kappa shape index (κ2) is 7.99. The van der Waals surface area contributed by atoms with Gasteiger partial charge in [-0.1, -0.05) is 24.3 Å². The average molecular weight is 330 g/mol. The molecule has 1 saturated carbocycles. The Hall–Kier alpha value is -1.59. The molecular weight excluding hydrogens is 300 g/mol. The summed E-state index contributed by atoms with van der Waals surface area (Å²) in [5.41, 5.74) is 9.08. The number of nitrogens with zero attached hydrogens (tertiary/aromatic N) is 2. The van der Waals surface area contributed by atoms with Crippen LogP contribution in [-0.2, 0) is 10.2 Å². The first-order chi connectivity index (χ1) is 11.7. The van der Waals surface area contributed by atoms with Crippen LogP contribution in [0.2, 0.25) is 0 Å². The minimum Gasteiger partial charge on any atom is -0.379 e. The highest BCUT2D eigenvalue weighted by Crippen LogP contribution is 2.49. The van der Waals surface area contributed by atoms with Crippen LogP contribution in [-0.4, -0.2) is 56.8 Å². The Morgan fingerprint density at radius 1 is 1.29 bits per heavy atom. The quantitative estimate of drug-likeness (QED) is 0.453. The van der Waals surface area contributed by atoms with E-state index in [-0.39, 0.29) is 5.41 Å². The maximum Gasteiger partial charge on any atom is 0.188 e. The lowest BCUT2D eigenvalue weighted by molar-refractivity contribution is 0.0376. The molecule has 2 fully saturated rings. The van der Waals surface area contributed by atoms with Crippen LogP contribution < -0.4 is 11.1 Å². The molecule has 1 aliphatic heterocycles. The SMILES string of the molecule is Cc1ccccc1C1(CN=C(N)NCCCN2CCOCC2)CC1. The molecule has 0 aromatic heterocycles. The predicted octanol–water partition coefficient (Wildman–Crippen LogP) is 1.65. The van der Waals surface area contributed by atoms with Crippen LogP contribution in [0.15, 0.2) is 29.3 Å². The Kier molecular flexibility index (Phi) is 5.74. The van der Waals surface area contributed by atoms with Gasteiger partial charge in [0.15, 0.2) is 5.96 Å². The van der Waals surface area contributed by atoms with Crippen molar-refractivity contribution in [2.75, 3.05) is 45.9 Å². The van der Waals surface area contributed by atoms with Gasteiger partial charge in [-0.2, -0.15) is 0 Å². The second-order valence-corrected chi connectivity index (χ2v) is 7.03. The monoisotopic (exact) mass is 330 g/mol. The number of benzene rings is 1. The number of nitrogens with two attached hydrogens (primary N) is 1. The van der Waals surface area contributed by atoms with E-state index in [1.54, 1.807) is 0 Å². The van der Waals surface area contributed by atoms with Gasteiger partial charge in [-0.15, -0.1) is 0 Å². The van der Waals surface area contributed by atoms with E-state index in [1.807, 2.05) is 0 Å². The van der Waals surface area contributed by atoms with Crippen LogP contribution in [0.1, 0.15) is 30.4 Å². The van der Waals surface area contributed by atoms with E-state index < -0.39 is 0 Å². The van der Waals surface area contributed by atoms with Gasteiger partial charge in [0.2, 0.25) is 0 Å². The first kappa shape index (κ1) is 17.2. The molecule has 1 saturated heterocycles. The minimum atomic E-state index is 0.228. The third kappa shape index (κ3) is 4.48. The van der Waals surface area contributed by atoms with Crippen LogP contribution in [0.4, 0.5) is 0 Å². The summed E-state index contributed by atoms with van der Waals surface area (Å²) in [6, 6.07) is 8.65. The first-order valence-corrected chi connectivity index (χ1v) is 9.10. The molecule has 0 atom stereocenters. The van der Waals surface area contributed by atoms with Crippen molar-refractivity contribution in [1.82, 2.24) is 10.2 Å². The average Bonchev–Trinajstić information content (AvgIpc) is 3.39. The number of guanidine groups is 1. The van der Waals surface area contributed by atoms with E-state index in [2.05, 4.69) is 46.4 Å². The van der Waals surface area contributed by atoms with E-state index in [0.717, 1.165) is 52.4 Å². The number of hydrogen-bond acceptors (Lipinski definition) is 3. The molecule has 1 heterocycles. The summed E-state index contributed by atoms with van der Waals surface area (Å²) in [6.45, 7) is 8.76. The highest BCUT2D eigenvalue weighted by molar-refractivity contribution is 5.77. The van der Waals surface area contributed by atoms with Crippen LogP contribution >= 0.6 is 0 Å². The number of morpholine rings is 1. The lowest BCUT2D eigenvalue weighted by atomic mass is 9.92. The van der Waals surface area contributed by atoms with Gasteiger partial charge in [0.05, 0.1) is 19.8 Å². The molecule has 1 aromatic carbocycles. The summed E-state index contributed by atoms with van der Waals surface area (Å²) < 4.78 is 5.36. The van der Waals surface area contributed by atoms with E-state index in [4.69, 9.17) is 10.5 Å². The molecule has 5 heteroatoms. The van der Waals surface area contributed by atoms with Gasteiger partial charge in [0.1, 0.15) is 0 Å². The van der Waals surface area contributed by atoms with Gasteiger partial charge in [0.25, 0.3) is 0 Å². The molecule has 24 heavy (non-hydrogen) atoms. The number of nitrogens with one attached hydrogen (secondary N) is 1. The highest BCUT2D eigenvalue weighted by Gasteiger charge is 2.44. The Morgan fingerprint density at radius 2 is 2.04 bits per heavy atom. The summed E-state index contributed by atoms with van der Waals surface area (Å²) in [6.07, 6.45) is 3.51. The summed E-state index contributed by atoms with van der Waals surface area (Å²) in [4.78, 5) is 7.05. The largest absolute Gasteiger partial charge is 0.379 e. The molecule has 0 unspecified atom stereocenters. The first-order valence-electron chi connectivity index (χ1n) is 9.10. The number of rotatable bonds is 7. The smallest absolute Gasteiger partial charge is 0.188 e. The third-order valence-electron chi connectivity index (χ3n) is 5.18. The maximum absolute atomic E-state index is 6.05. The Morgan fingerprint density at radius 3 is 2.75 bits per heavy atom. The van der Waals surface area contributed by atoms with Crippen molar-refractivity contribution in [3.8, 4) is 0 Å². The summed E-state index contributed by atoms with van der Waals surface area (Å²) >= 11 is 0. The molecule has 3 rings (SSSR count). The van der Waals surface area contributed by atoms with Crippen LogP contribution in [0.5, 0.6) is 0 Å². The van der Waals surface area contributed by atoms with Gasteiger partial charge in [0, 0.05) is 25.0 Å². The fourth-order valence-corrected chi connectivity index (χ4v) is 3.47. The van der Waals surface area contributed by atoms with E-state index in [9.17, 15) is 0 Å². The van der Waals surface area contributed by atoms with Gasteiger partial charge >= 0.3 is 0 Å². The lowest BCUT2D eigenvalue weighted by Gasteiger charge is -2.26. The number of aryl methyl sites for hydroxylation is 1. The molecule has 0 radical (unpaired) electrons. The van der Waals surface area contributed by atoms with Gasteiger partial charge in [-0.3, -0.25) is 9.89 Å². The Bertz CT molecular complexity index is 562. The molecule has 3 N–H and O–H groups in total. The van der Waals surface area contributed by atoms with Crippen LogP contribution in [0, 0.1) is 6.92 Å². The van der Waals surface area contributed by atoms with Crippen LogP contribution in [0.25, 0.3) is 0 Å². The number of hydrogen-bond donors (Lipinski definition) is 2. The van der Waals surface area contributed by atoms with Crippen molar-refractivity contribution in [1.29, 1.82) is 0 Å². The zero-order valence-corrected chi connectivity index (χ0v) is 14.8. The number of ether oxygens (including phenoxy) is 1. The lowest BCUT2D eigenvalue weighted by Crippen LogP contribution is -2.39. The fourth-order valence-electron chi connectivity index (χ4n) is 3.47. The summed E-state index contributed by atoms with van der Waals surface area (Å²) in [5.74, 6) is 0.580. The van der Waals surface area contributed by atoms with E-state index in [1.165, 1.54) is 24.0 Å². The van der Waals surface area contributed by atoms with Crippen molar-refractivity contribution in [2.45, 2.75) is 31.6 Å². The highest BCUT2D eigenvalue weighted by atomic mass is 16.5. The van der Waals surface area contributed by atoms with Crippen molar-refractivity contribution >= 4 is 5.96 Å². The maximum atomic E-state index is 6.05. The standard InChI is InChI=1S/C19H30N4O/c1-16-5-2-3-6-17(16)19(7-8-19)15-22-18(20)21-9-4-10-23-11-13-24-14-12-23/h2-3,5-6H,4,7-15H2,1H3,(H3,20,21,22). The minimum absolute atomic E-state index is 0.228. The molecule has 0 spiro atoms. The molecule has 1 aromatic rings. The second-order valence-electron chi connectivity index (χ2n) is 7.03. The van der Waals surface area contributed by atoms with Crippen molar-refractivity contribution in [3.63, 3.8) is 0 Å². The van der Waals surface area contributed by atoms with E-state index >= 15 is 0 Å². The van der Waals surface area contributed by atoms with Gasteiger partial charge in [-0.25, -0.2) is 0 Å². The van der Waals surface area contributed by atoms with E-state index in [0.29, 0.717) is 5.96 Å². The van der Waals surface area contributed by atoms with Crippen LogP contribution in [0.3, 0.4) is 0 Å². The van der Waals surface area contributed by atoms with Crippen molar-refractivity contribution < 1.29 is 4.74 Å². The topological polar surface area (TPSA) is 62.9 Å². The molecule has 0 bridgehead atoms. The molecule has 2 aliphatic rings. The van der Waals surface area contributed by atoms with Gasteiger partial charge < -0.3 is 15.8 Å². The fraction of sp³-hybridized carbons (Fsp3) is 0.632. The van der Waals surface area contributed by atoms with Gasteiger partial charge in [-0.05, 0) is 43.9 Å². The summed E-state index contributed by atoms with van der Waals surface area (Å²) in [5, 5.41) is 3.26. The third-order valence-corrected chi connectivity index (χ3v) is 5.18. The normalized spacial score (nSPS) is 20.8. The zero-order chi connectivity index (χ0) is 16.8. The summed E-state index contributed by atoms with van der Waals surface area (Å²) in [7, 11) is 0. The molecular formula is C19H30N4O. The molecule has 0 amide bonds. The predicted molar refractivity (Wildman–Crippen MR) is 98.5 cm³/mol. The Balaban J connectivity index is 1.41. The molecule has 1 aliphatic carbocycles. The zero-order valence-electron chi connectivity index (χ0n) is 14.8. The molecule has 5 nitrogen and oxygen atoms in total. The number of aliphatic imine (C=N–C) groups is 1. The van der Waals surface area contributed by atoms with Crippen molar-refractivity contribution in [3.05, 3.63) is 35.4 Å². The van der Waals surface area contributed by atoms with Crippen molar-refractivity contribution in [2.24, 2.45) is 10.7 Å².